The number of ether oxygens (including phenoxy) is 2. The Morgan fingerprint density at radius 3 is 2.36 bits per heavy atom. The van der Waals surface area contributed by atoms with Crippen LogP contribution < -0.4 is 20.2 Å². The highest BCUT2D eigenvalue weighted by Crippen LogP contribution is 2.26. The van der Waals surface area contributed by atoms with Crippen molar-refractivity contribution >= 4 is 24.9 Å². The Balaban J connectivity index is 1.93. The van der Waals surface area contributed by atoms with E-state index in [9.17, 15) is 0 Å². The largest absolute Gasteiger partial charge is 0.467 e. The van der Waals surface area contributed by atoms with Crippen LogP contribution in [0.5, 0.6) is 5.75 Å². The first kappa shape index (κ1) is 20.4. The van der Waals surface area contributed by atoms with E-state index < -0.39 is 0 Å². The fourth-order valence-electron chi connectivity index (χ4n) is 3.13. The van der Waals surface area contributed by atoms with Crippen LogP contribution in [0.4, 0.5) is 5.69 Å². The fourth-order valence-corrected chi connectivity index (χ4v) is 4.54. The summed E-state index contributed by atoms with van der Waals surface area (Å²) in [5.41, 5.74) is 5.12. The lowest BCUT2D eigenvalue weighted by Crippen LogP contribution is -2.19. The number of anilines is 1. The van der Waals surface area contributed by atoms with Crippen LogP contribution in [0, 0.1) is 6.92 Å². The summed E-state index contributed by atoms with van der Waals surface area (Å²) in [4.78, 5) is 2.18. The van der Waals surface area contributed by atoms with Crippen molar-refractivity contribution in [3.63, 3.8) is 0 Å². The van der Waals surface area contributed by atoms with Crippen LogP contribution in [0.15, 0.2) is 66.7 Å². The van der Waals surface area contributed by atoms with Gasteiger partial charge in [-0.3, -0.25) is 0 Å². The molecule has 3 nitrogen and oxygen atoms in total. The Morgan fingerprint density at radius 2 is 1.64 bits per heavy atom. The Hall–Kier alpha value is -2.35. The summed E-state index contributed by atoms with van der Waals surface area (Å²) in [5, 5.41) is 2.52. The SMILES string of the molecule is COCOc1ccc(Cc2ccccc2)cc1Pc1ccc(C)cc1N(C)C. The number of aryl methyl sites for hydroxylation is 1. The molecule has 0 aliphatic heterocycles. The first-order valence-corrected chi connectivity index (χ1v) is 10.4. The monoisotopic (exact) mass is 393 g/mol. The molecule has 0 aliphatic carbocycles. The van der Waals surface area contributed by atoms with E-state index in [0.717, 1.165) is 12.2 Å². The standard InChI is InChI=1S/C24H28NO2P/c1-18-10-13-23(21(14-18)25(2)3)28-24-16-20(11-12-22(24)27-17-26-4)15-19-8-6-5-7-9-19/h5-14,16,28H,15,17H2,1-4H3. The molecule has 146 valence electrons. The first-order chi connectivity index (χ1) is 13.6. The van der Waals surface area contributed by atoms with Crippen molar-refractivity contribution in [1.82, 2.24) is 0 Å². The normalized spacial score (nSPS) is 11.1. The Bertz CT molecular complexity index is 910. The minimum atomic E-state index is 0.254. The predicted octanol–water partition coefficient (Wildman–Crippen LogP) is 4.26. The van der Waals surface area contributed by atoms with Crippen LogP contribution >= 0.6 is 8.58 Å². The maximum atomic E-state index is 5.86. The van der Waals surface area contributed by atoms with Crippen LogP contribution in [0.3, 0.4) is 0 Å². The topological polar surface area (TPSA) is 21.7 Å². The van der Waals surface area contributed by atoms with Crippen molar-refractivity contribution < 1.29 is 9.47 Å². The van der Waals surface area contributed by atoms with Gasteiger partial charge < -0.3 is 14.4 Å². The Morgan fingerprint density at radius 1 is 0.857 bits per heavy atom. The molecule has 28 heavy (non-hydrogen) atoms. The second kappa shape index (κ2) is 9.73. The third-order valence-corrected chi connectivity index (χ3v) is 5.88. The van der Waals surface area contributed by atoms with Crippen molar-refractivity contribution in [1.29, 1.82) is 0 Å². The smallest absolute Gasteiger partial charge is 0.188 e. The third-order valence-electron chi connectivity index (χ3n) is 4.53. The van der Waals surface area contributed by atoms with Gasteiger partial charge in [-0.25, -0.2) is 0 Å². The maximum absolute atomic E-state index is 5.86. The summed E-state index contributed by atoms with van der Waals surface area (Å²) < 4.78 is 11.0. The molecule has 1 atom stereocenters. The van der Waals surface area contributed by atoms with E-state index in [1.165, 1.54) is 33.0 Å². The molecule has 0 heterocycles. The minimum Gasteiger partial charge on any atom is -0.467 e. The number of hydrogen-bond acceptors (Lipinski definition) is 3. The molecule has 3 aromatic rings. The first-order valence-electron chi connectivity index (χ1n) is 9.40. The van der Waals surface area contributed by atoms with Gasteiger partial charge in [0, 0.05) is 37.5 Å². The van der Waals surface area contributed by atoms with Crippen molar-refractivity contribution in [3.8, 4) is 5.75 Å². The number of hydrogen-bond donors (Lipinski definition) is 0. The molecule has 3 rings (SSSR count). The predicted molar refractivity (Wildman–Crippen MR) is 121 cm³/mol. The van der Waals surface area contributed by atoms with Gasteiger partial charge in [0.25, 0.3) is 0 Å². The molecule has 0 N–H and O–H groups in total. The van der Waals surface area contributed by atoms with Crippen LogP contribution in [0.25, 0.3) is 0 Å². The molecule has 0 radical (unpaired) electrons. The van der Waals surface area contributed by atoms with Crippen LogP contribution in [-0.2, 0) is 11.2 Å². The van der Waals surface area contributed by atoms with Gasteiger partial charge in [0.05, 0.1) is 0 Å². The summed E-state index contributed by atoms with van der Waals surface area (Å²) in [6.07, 6.45) is 0.914. The molecule has 0 aliphatic rings. The average Bonchev–Trinajstić information content (AvgIpc) is 2.69. The molecule has 0 saturated heterocycles. The molecule has 0 amide bonds. The van der Waals surface area contributed by atoms with E-state index in [2.05, 4.69) is 92.6 Å². The van der Waals surface area contributed by atoms with E-state index in [1.807, 2.05) is 0 Å². The zero-order chi connectivity index (χ0) is 19.9. The van der Waals surface area contributed by atoms with Gasteiger partial charge in [-0.1, -0.05) is 57.1 Å². The summed E-state index contributed by atoms with van der Waals surface area (Å²) >= 11 is 0. The van der Waals surface area contributed by atoms with Crippen LogP contribution in [-0.4, -0.2) is 28.0 Å². The van der Waals surface area contributed by atoms with Crippen molar-refractivity contribution in [2.45, 2.75) is 13.3 Å². The maximum Gasteiger partial charge on any atom is 0.188 e. The highest BCUT2D eigenvalue weighted by Gasteiger charge is 2.11. The zero-order valence-electron chi connectivity index (χ0n) is 17.0. The zero-order valence-corrected chi connectivity index (χ0v) is 18.0. The molecular weight excluding hydrogens is 365 g/mol. The molecule has 3 aromatic carbocycles. The summed E-state index contributed by atoms with van der Waals surface area (Å²) in [5.74, 6) is 0.891. The second-order valence-corrected chi connectivity index (χ2v) is 8.41. The fraction of sp³-hybridized carbons (Fsp3) is 0.250. The quantitative estimate of drug-likeness (QED) is 0.422. The van der Waals surface area contributed by atoms with E-state index in [0.29, 0.717) is 8.58 Å². The molecule has 0 aromatic heterocycles. The number of benzene rings is 3. The molecule has 0 saturated carbocycles. The Labute approximate surface area is 170 Å². The summed E-state index contributed by atoms with van der Waals surface area (Å²) in [6.45, 7) is 2.39. The van der Waals surface area contributed by atoms with Gasteiger partial charge in [-0.05, 0) is 48.2 Å². The molecule has 0 bridgehead atoms. The van der Waals surface area contributed by atoms with Gasteiger partial charge in [-0.15, -0.1) is 0 Å². The number of nitrogens with zero attached hydrogens (tertiary/aromatic N) is 1. The van der Waals surface area contributed by atoms with Gasteiger partial charge in [0.1, 0.15) is 5.75 Å². The number of rotatable bonds is 8. The highest BCUT2D eigenvalue weighted by molar-refractivity contribution is 7.56. The Kier molecular flexibility index (Phi) is 7.08. The van der Waals surface area contributed by atoms with Gasteiger partial charge in [0.2, 0.25) is 0 Å². The van der Waals surface area contributed by atoms with E-state index >= 15 is 0 Å². The van der Waals surface area contributed by atoms with E-state index in [4.69, 9.17) is 9.47 Å². The van der Waals surface area contributed by atoms with Crippen LogP contribution in [0.2, 0.25) is 0 Å². The number of methoxy groups -OCH3 is 1. The average molecular weight is 393 g/mol. The molecule has 0 fully saturated rings. The molecular formula is C24H28NO2P. The second-order valence-electron chi connectivity index (χ2n) is 7.08. The van der Waals surface area contributed by atoms with Gasteiger partial charge >= 0.3 is 0 Å². The highest BCUT2D eigenvalue weighted by atomic mass is 31.1. The summed E-state index contributed by atoms with van der Waals surface area (Å²) in [7, 11) is 6.35. The molecule has 4 heteroatoms. The summed E-state index contributed by atoms with van der Waals surface area (Å²) in [6, 6.07) is 23.7. The van der Waals surface area contributed by atoms with E-state index in [-0.39, 0.29) is 6.79 Å². The molecule has 1 unspecified atom stereocenters. The lowest BCUT2D eigenvalue weighted by atomic mass is 10.1. The van der Waals surface area contributed by atoms with Crippen molar-refractivity contribution in [2.24, 2.45) is 0 Å². The van der Waals surface area contributed by atoms with E-state index in [1.54, 1.807) is 7.11 Å². The van der Waals surface area contributed by atoms with Gasteiger partial charge in [0.15, 0.2) is 6.79 Å². The van der Waals surface area contributed by atoms with Gasteiger partial charge in [-0.2, -0.15) is 0 Å². The van der Waals surface area contributed by atoms with Crippen molar-refractivity contribution in [2.75, 3.05) is 32.9 Å². The van der Waals surface area contributed by atoms with Crippen LogP contribution in [0.1, 0.15) is 16.7 Å². The van der Waals surface area contributed by atoms with Crippen molar-refractivity contribution in [3.05, 3.63) is 83.4 Å². The minimum absolute atomic E-state index is 0.254. The third kappa shape index (κ3) is 5.34. The molecule has 0 spiro atoms. The lowest BCUT2D eigenvalue weighted by Gasteiger charge is -2.20. The lowest BCUT2D eigenvalue weighted by molar-refractivity contribution is 0.0519.